The summed E-state index contributed by atoms with van der Waals surface area (Å²) in [4.78, 5) is -0.129. The Kier molecular flexibility index (Phi) is 5.28. The van der Waals surface area contributed by atoms with Crippen molar-refractivity contribution in [2.45, 2.75) is 14.4 Å². The van der Waals surface area contributed by atoms with Crippen molar-refractivity contribution in [3.63, 3.8) is 0 Å². The van der Waals surface area contributed by atoms with E-state index in [9.17, 15) is 21.2 Å². The summed E-state index contributed by atoms with van der Waals surface area (Å²) in [7, 11) is -7.87. The molecule has 1 unspecified atom stereocenters. The molecule has 0 amide bonds. The molecule has 10 heteroatoms. The zero-order valence-corrected chi connectivity index (χ0v) is 15.7. The summed E-state index contributed by atoms with van der Waals surface area (Å²) in [6.45, 7) is -0.423. The van der Waals surface area contributed by atoms with Gasteiger partial charge in [0, 0.05) is 6.54 Å². The van der Waals surface area contributed by atoms with E-state index in [-0.39, 0.29) is 14.9 Å². The first-order valence-electron chi connectivity index (χ1n) is 7.37. The zero-order valence-electron chi connectivity index (χ0n) is 13.2. The Balaban J connectivity index is 1.93. The van der Waals surface area contributed by atoms with Crippen LogP contribution in [-0.2, 0) is 19.9 Å². The molecule has 6 nitrogen and oxygen atoms in total. The number of halogens is 1. The van der Waals surface area contributed by atoms with Crippen molar-refractivity contribution in [1.29, 1.82) is 0 Å². The van der Waals surface area contributed by atoms with Crippen LogP contribution in [0.4, 0.5) is 4.39 Å². The minimum Gasteiger partial charge on any atom is -0.468 e. The van der Waals surface area contributed by atoms with Gasteiger partial charge in [0.25, 0.3) is 0 Å². The number of rotatable bonds is 7. The fourth-order valence-electron chi connectivity index (χ4n) is 2.30. The maximum absolute atomic E-state index is 13.1. The first kappa shape index (κ1) is 18.8. The Morgan fingerprint density at radius 3 is 2.35 bits per heavy atom. The van der Waals surface area contributed by atoms with E-state index in [0.29, 0.717) is 0 Å². The molecule has 3 aromatic rings. The topological polar surface area (TPSA) is 93.4 Å². The highest BCUT2D eigenvalue weighted by Crippen LogP contribution is 2.29. The van der Waals surface area contributed by atoms with Crippen molar-refractivity contribution in [3.05, 3.63) is 71.8 Å². The monoisotopic (exact) mass is 415 g/mol. The van der Waals surface area contributed by atoms with Crippen LogP contribution in [0, 0.1) is 5.82 Å². The van der Waals surface area contributed by atoms with E-state index >= 15 is 0 Å². The predicted octanol–water partition coefficient (Wildman–Crippen LogP) is 2.97. The lowest BCUT2D eigenvalue weighted by Crippen LogP contribution is -2.31. The summed E-state index contributed by atoms with van der Waals surface area (Å²) in [6.07, 6.45) is 1.30. The van der Waals surface area contributed by atoms with Gasteiger partial charge in [-0.2, -0.15) is 0 Å². The summed E-state index contributed by atoms with van der Waals surface area (Å²) in [5, 5.41) is 0.311. The summed E-state index contributed by atoms with van der Waals surface area (Å²) < 4.78 is 71.2. The molecular formula is C16H14FNO5S3. The normalized spacial score (nSPS) is 13.6. The average Bonchev–Trinajstić information content (AvgIpc) is 3.29. The average molecular weight is 415 g/mol. The molecule has 138 valence electrons. The smallest absolute Gasteiger partial charge is 0.250 e. The summed E-state index contributed by atoms with van der Waals surface area (Å²) in [6, 6.07) is 10.3. The number of thiophene rings is 1. The van der Waals surface area contributed by atoms with E-state index < -0.39 is 37.5 Å². The van der Waals surface area contributed by atoms with Crippen molar-refractivity contribution < 1.29 is 25.6 Å². The van der Waals surface area contributed by atoms with Crippen LogP contribution < -0.4 is 4.72 Å². The van der Waals surface area contributed by atoms with Crippen LogP contribution in [0.2, 0.25) is 0 Å². The van der Waals surface area contributed by atoms with Crippen molar-refractivity contribution in [1.82, 2.24) is 4.72 Å². The molecule has 3 rings (SSSR count). The van der Waals surface area contributed by atoms with Gasteiger partial charge < -0.3 is 4.42 Å². The second kappa shape index (κ2) is 7.31. The maximum Gasteiger partial charge on any atom is 0.250 e. The van der Waals surface area contributed by atoms with Crippen molar-refractivity contribution in [2.24, 2.45) is 0 Å². The van der Waals surface area contributed by atoms with Gasteiger partial charge in [0.2, 0.25) is 10.0 Å². The van der Waals surface area contributed by atoms with Crippen LogP contribution >= 0.6 is 11.3 Å². The van der Waals surface area contributed by atoms with Crippen LogP contribution in [-0.4, -0.2) is 23.4 Å². The van der Waals surface area contributed by atoms with Gasteiger partial charge in [0.15, 0.2) is 9.84 Å². The Hall–Kier alpha value is -2.01. The molecule has 26 heavy (non-hydrogen) atoms. The van der Waals surface area contributed by atoms with Crippen molar-refractivity contribution >= 4 is 31.2 Å². The lowest BCUT2D eigenvalue weighted by atomic mass is 10.3. The van der Waals surface area contributed by atoms with Gasteiger partial charge in [-0.3, -0.25) is 0 Å². The second-order valence-electron chi connectivity index (χ2n) is 5.29. The van der Waals surface area contributed by atoms with Crippen molar-refractivity contribution in [2.75, 3.05) is 6.54 Å². The number of benzene rings is 1. The van der Waals surface area contributed by atoms with Gasteiger partial charge in [0.05, 0.1) is 11.2 Å². The Labute approximate surface area is 154 Å². The molecule has 0 spiro atoms. The lowest BCUT2D eigenvalue weighted by Gasteiger charge is -2.16. The number of hydrogen-bond acceptors (Lipinski definition) is 6. The molecule has 0 bridgehead atoms. The molecule has 0 fully saturated rings. The van der Waals surface area contributed by atoms with E-state index in [4.69, 9.17) is 4.42 Å². The quantitative estimate of drug-likeness (QED) is 0.599. The number of hydrogen-bond donors (Lipinski definition) is 1. The molecule has 0 saturated carbocycles. The summed E-state index contributed by atoms with van der Waals surface area (Å²) in [5.74, 6) is -0.486. The van der Waals surface area contributed by atoms with Gasteiger partial charge in [-0.25, -0.2) is 25.9 Å². The Bertz CT molecular complexity index is 1060. The zero-order chi connectivity index (χ0) is 18.8. The van der Waals surface area contributed by atoms with Crippen LogP contribution in [0.15, 0.2) is 73.7 Å². The third-order valence-electron chi connectivity index (χ3n) is 3.60. The van der Waals surface area contributed by atoms with Crippen molar-refractivity contribution in [3.8, 4) is 0 Å². The molecule has 1 aromatic carbocycles. The van der Waals surface area contributed by atoms with Gasteiger partial charge in [-0.15, -0.1) is 11.3 Å². The van der Waals surface area contributed by atoms with Gasteiger partial charge in [-0.1, -0.05) is 6.07 Å². The standard InChI is InChI=1S/C16H14FNO5S3/c17-12-5-7-13(8-6-12)25(19,20)15(14-3-1-9-23-14)11-18-26(21,22)16-4-2-10-24-16/h1-10,15,18H,11H2. The Morgan fingerprint density at radius 1 is 1.04 bits per heavy atom. The highest BCUT2D eigenvalue weighted by Gasteiger charge is 2.33. The third-order valence-corrected chi connectivity index (χ3v) is 8.49. The summed E-state index contributed by atoms with van der Waals surface area (Å²) >= 11 is 1.02. The van der Waals surface area contributed by atoms with Gasteiger partial charge in [-0.05, 0) is 47.8 Å². The Morgan fingerprint density at radius 2 is 1.77 bits per heavy atom. The molecule has 0 aliphatic rings. The van der Waals surface area contributed by atoms with Crippen LogP contribution in [0.1, 0.15) is 11.0 Å². The number of nitrogens with one attached hydrogen (secondary N) is 1. The number of sulfone groups is 1. The van der Waals surface area contributed by atoms with E-state index in [0.717, 1.165) is 35.6 Å². The molecule has 0 radical (unpaired) electrons. The molecule has 2 heterocycles. The molecular weight excluding hydrogens is 401 g/mol. The second-order valence-corrected chi connectivity index (χ2v) is 10.4. The highest BCUT2D eigenvalue weighted by molar-refractivity contribution is 7.92. The molecule has 0 aliphatic heterocycles. The van der Waals surface area contributed by atoms with E-state index in [1.54, 1.807) is 11.4 Å². The van der Waals surface area contributed by atoms with Crippen LogP contribution in [0.5, 0.6) is 0 Å². The fourth-order valence-corrected chi connectivity index (χ4v) is 6.08. The number of sulfonamides is 1. The SMILES string of the molecule is O=S(=O)(NCC(c1ccco1)S(=O)(=O)c1ccc(F)cc1)c1cccs1. The van der Waals surface area contributed by atoms with E-state index in [1.807, 2.05) is 0 Å². The van der Waals surface area contributed by atoms with Gasteiger partial charge in [0.1, 0.15) is 21.0 Å². The largest absolute Gasteiger partial charge is 0.468 e. The fraction of sp³-hybridized carbons (Fsp3) is 0.125. The molecule has 1 atom stereocenters. The molecule has 1 N–H and O–H groups in total. The molecule has 0 aliphatic carbocycles. The first-order chi connectivity index (χ1) is 12.3. The predicted molar refractivity (Wildman–Crippen MR) is 94.5 cm³/mol. The van der Waals surface area contributed by atoms with Crippen LogP contribution in [0.25, 0.3) is 0 Å². The van der Waals surface area contributed by atoms with E-state index in [1.165, 1.54) is 24.5 Å². The molecule has 0 saturated heterocycles. The first-order valence-corrected chi connectivity index (χ1v) is 11.3. The minimum absolute atomic E-state index is 0.0786. The summed E-state index contributed by atoms with van der Waals surface area (Å²) in [5.41, 5.74) is 0. The van der Waals surface area contributed by atoms with E-state index in [2.05, 4.69) is 4.72 Å². The molecule has 2 aromatic heterocycles. The lowest BCUT2D eigenvalue weighted by molar-refractivity contribution is 0.486. The van der Waals surface area contributed by atoms with Crippen LogP contribution in [0.3, 0.4) is 0 Å². The highest BCUT2D eigenvalue weighted by atomic mass is 32.2. The maximum atomic E-state index is 13.1. The number of furan rings is 1. The minimum atomic E-state index is -4.02. The van der Waals surface area contributed by atoms with Gasteiger partial charge >= 0.3 is 0 Å². The third kappa shape index (κ3) is 3.88.